The van der Waals surface area contributed by atoms with Crippen LogP contribution < -0.4 is 5.56 Å². The first-order chi connectivity index (χ1) is 8.15. The highest BCUT2D eigenvalue weighted by Crippen LogP contribution is 2.24. The van der Waals surface area contributed by atoms with Gasteiger partial charge in [0.15, 0.2) is 11.4 Å². The van der Waals surface area contributed by atoms with Crippen LogP contribution >= 0.6 is 0 Å². The van der Waals surface area contributed by atoms with Crippen molar-refractivity contribution in [2.45, 2.75) is 6.92 Å². The molecule has 0 spiro atoms. The number of H-pyrrole nitrogens is 1. The minimum absolute atomic E-state index is 0.161. The number of pyridine rings is 2. The number of nitrogens with one attached hydrogen (secondary N) is 1. The zero-order valence-electron chi connectivity index (χ0n) is 9.06. The highest BCUT2D eigenvalue weighted by atomic mass is 16.5. The van der Waals surface area contributed by atoms with Crippen LogP contribution in [0.2, 0.25) is 0 Å². The maximum atomic E-state index is 11.6. The molecule has 2 rings (SSSR count). The smallest absolute Gasteiger partial charge is 0.358 e. The van der Waals surface area contributed by atoms with Gasteiger partial charge in [-0.3, -0.25) is 9.78 Å². The molecule has 17 heavy (non-hydrogen) atoms. The predicted octanol–water partition coefficient (Wildman–Crippen LogP) is 0.805. The van der Waals surface area contributed by atoms with E-state index in [-0.39, 0.29) is 28.8 Å². The molecule has 2 N–H and O–H groups in total. The fraction of sp³-hybridized carbons (Fsp3) is 0.182. The normalized spacial score (nSPS) is 10.4. The number of hydrogen-bond donors (Lipinski definition) is 2. The van der Waals surface area contributed by atoms with Crippen LogP contribution in [0.5, 0.6) is 5.75 Å². The average molecular weight is 234 g/mol. The second-order valence-electron chi connectivity index (χ2n) is 3.32. The highest BCUT2D eigenvalue weighted by Gasteiger charge is 2.17. The van der Waals surface area contributed by atoms with Gasteiger partial charge in [-0.05, 0) is 13.0 Å². The van der Waals surface area contributed by atoms with Crippen molar-refractivity contribution >= 4 is 16.7 Å². The van der Waals surface area contributed by atoms with Gasteiger partial charge in [-0.15, -0.1) is 0 Å². The van der Waals surface area contributed by atoms with Gasteiger partial charge in [-0.1, -0.05) is 0 Å². The standard InChI is InChI=1S/C11H10N2O4/c1-2-17-11(16)8-9(14)6-3-4-12-5-7(6)10(15)13-8/h3-5,14H,2H2,1H3,(H,13,15). The Labute approximate surface area is 95.9 Å². The molecule has 0 unspecified atom stereocenters. The minimum atomic E-state index is -0.763. The van der Waals surface area contributed by atoms with Gasteiger partial charge in [-0.2, -0.15) is 0 Å². The zero-order valence-corrected chi connectivity index (χ0v) is 9.06. The van der Waals surface area contributed by atoms with Crippen molar-refractivity contribution in [3.05, 3.63) is 34.5 Å². The van der Waals surface area contributed by atoms with Crippen molar-refractivity contribution in [1.29, 1.82) is 0 Å². The van der Waals surface area contributed by atoms with E-state index in [9.17, 15) is 14.7 Å². The molecule has 6 nitrogen and oxygen atoms in total. The summed E-state index contributed by atoms with van der Waals surface area (Å²) in [6.07, 6.45) is 2.75. The maximum Gasteiger partial charge on any atom is 0.358 e. The van der Waals surface area contributed by atoms with Gasteiger partial charge in [-0.25, -0.2) is 4.79 Å². The van der Waals surface area contributed by atoms with E-state index < -0.39 is 11.5 Å². The van der Waals surface area contributed by atoms with E-state index >= 15 is 0 Å². The first-order valence-corrected chi connectivity index (χ1v) is 5.01. The van der Waals surface area contributed by atoms with E-state index in [1.807, 2.05) is 0 Å². The van der Waals surface area contributed by atoms with Gasteiger partial charge in [0.25, 0.3) is 5.56 Å². The summed E-state index contributed by atoms with van der Waals surface area (Å²) in [5, 5.41) is 10.4. The molecule has 0 radical (unpaired) electrons. The Balaban J connectivity index is 2.71. The Hall–Kier alpha value is -2.37. The molecule has 0 saturated heterocycles. The fourth-order valence-electron chi connectivity index (χ4n) is 1.51. The van der Waals surface area contributed by atoms with Gasteiger partial charge in [0.2, 0.25) is 0 Å². The van der Waals surface area contributed by atoms with Gasteiger partial charge in [0.1, 0.15) is 0 Å². The summed E-state index contributed by atoms with van der Waals surface area (Å²) in [4.78, 5) is 29.2. The van der Waals surface area contributed by atoms with E-state index in [1.54, 1.807) is 6.92 Å². The van der Waals surface area contributed by atoms with Crippen molar-refractivity contribution in [2.75, 3.05) is 6.61 Å². The third-order valence-electron chi connectivity index (χ3n) is 2.28. The SMILES string of the molecule is CCOC(=O)c1[nH]c(=O)c2cnccc2c1O. The molecule has 88 valence electrons. The predicted molar refractivity (Wildman–Crippen MR) is 60.0 cm³/mol. The van der Waals surface area contributed by atoms with Crippen LogP contribution in [0.4, 0.5) is 0 Å². The number of aromatic hydroxyl groups is 1. The van der Waals surface area contributed by atoms with Gasteiger partial charge < -0.3 is 14.8 Å². The quantitative estimate of drug-likeness (QED) is 0.750. The monoisotopic (exact) mass is 234 g/mol. The molecule has 2 heterocycles. The third kappa shape index (κ3) is 1.84. The van der Waals surface area contributed by atoms with Crippen LogP contribution in [0.3, 0.4) is 0 Å². The van der Waals surface area contributed by atoms with Gasteiger partial charge >= 0.3 is 5.97 Å². The zero-order chi connectivity index (χ0) is 12.4. The van der Waals surface area contributed by atoms with Gasteiger partial charge in [0, 0.05) is 17.8 Å². The Bertz CT molecular complexity index is 633. The highest BCUT2D eigenvalue weighted by molar-refractivity contribution is 5.98. The van der Waals surface area contributed by atoms with E-state index in [0.717, 1.165) is 0 Å². The number of rotatable bonds is 2. The summed E-state index contributed by atoms with van der Waals surface area (Å²) >= 11 is 0. The molecule has 0 atom stereocenters. The first kappa shape index (κ1) is 11.1. The maximum absolute atomic E-state index is 11.6. The van der Waals surface area contributed by atoms with Crippen LogP contribution in [-0.4, -0.2) is 27.7 Å². The Morgan fingerprint density at radius 2 is 2.29 bits per heavy atom. The lowest BCUT2D eigenvalue weighted by Gasteiger charge is -2.06. The second kappa shape index (κ2) is 4.25. The van der Waals surface area contributed by atoms with Crippen molar-refractivity contribution in [1.82, 2.24) is 9.97 Å². The van der Waals surface area contributed by atoms with E-state index in [0.29, 0.717) is 0 Å². The van der Waals surface area contributed by atoms with Crippen LogP contribution in [0.15, 0.2) is 23.3 Å². The van der Waals surface area contributed by atoms with Crippen LogP contribution in [-0.2, 0) is 4.74 Å². The number of carbonyl (C=O) groups excluding carboxylic acids is 1. The molecule has 0 aliphatic heterocycles. The lowest BCUT2D eigenvalue weighted by atomic mass is 10.2. The topological polar surface area (TPSA) is 92.3 Å². The Morgan fingerprint density at radius 3 is 3.00 bits per heavy atom. The molecule has 0 aromatic carbocycles. The number of aromatic nitrogens is 2. The summed E-state index contributed by atoms with van der Waals surface area (Å²) < 4.78 is 4.73. The second-order valence-corrected chi connectivity index (χ2v) is 3.32. The van der Waals surface area contributed by atoms with Crippen LogP contribution in [0.1, 0.15) is 17.4 Å². The van der Waals surface area contributed by atoms with E-state index in [4.69, 9.17) is 4.74 Å². The van der Waals surface area contributed by atoms with Gasteiger partial charge in [0.05, 0.1) is 12.0 Å². The Kier molecular flexibility index (Phi) is 2.78. The van der Waals surface area contributed by atoms with Crippen molar-refractivity contribution < 1.29 is 14.6 Å². The van der Waals surface area contributed by atoms with E-state index in [2.05, 4.69) is 9.97 Å². The van der Waals surface area contributed by atoms with Crippen LogP contribution in [0, 0.1) is 0 Å². The van der Waals surface area contributed by atoms with E-state index in [1.165, 1.54) is 18.5 Å². The summed E-state index contributed by atoms with van der Waals surface area (Å²) in [6.45, 7) is 1.80. The first-order valence-electron chi connectivity index (χ1n) is 5.01. The number of fused-ring (bicyclic) bond motifs is 1. The molecule has 2 aromatic rings. The lowest BCUT2D eigenvalue weighted by molar-refractivity contribution is 0.0516. The molecule has 6 heteroatoms. The molecule has 0 bridgehead atoms. The lowest BCUT2D eigenvalue weighted by Crippen LogP contribution is -2.15. The number of aromatic amines is 1. The summed E-state index contributed by atoms with van der Waals surface area (Å²) in [5.74, 6) is -1.07. The fourth-order valence-corrected chi connectivity index (χ4v) is 1.51. The van der Waals surface area contributed by atoms with Crippen molar-refractivity contribution in [3.8, 4) is 5.75 Å². The number of nitrogens with zero attached hydrogens (tertiary/aromatic N) is 1. The Morgan fingerprint density at radius 1 is 1.53 bits per heavy atom. The largest absolute Gasteiger partial charge is 0.505 e. The number of carbonyl (C=O) groups is 1. The molecule has 0 fully saturated rings. The number of esters is 1. The summed E-state index contributed by atoms with van der Waals surface area (Å²) in [5.41, 5.74) is -0.732. The van der Waals surface area contributed by atoms with Crippen molar-refractivity contribution in [3.63, 3.8) is 0 Å². The molecule has 0 amide bonds. The molecule has 2 aromatic heterocycles. The molecule has 0 aliphatic rings. The summed E-state index contributed by atoms with van der Waals surface area (Å²) in [6, 6.07) is 1.46. The minimum Gasteiger partial charge on any atom is -0.505 e. The van der Waals surface area contributed by atoms with Crippen molar-refractivity contribution in [2.24, 2.45) is 0 Å². The van der Waals surface area contributed by atoms with Crippen LogP contribution in [0.25, 0.3) is 10.8 Å². The number of ether oxygens (including phenoxy) is 1. The molecular weight excluding hydrogens is 224 g/mol. The third-order valence-corrected chi connectivity index (χ3v) is 2.28. The molecule has 0 aliphatic carbocycles. The number of hydrogen-bond acceptors (Lipinski definition) is 5. The molecular formula is C11H10N2O4. The summed E-state index contributed by atoms with van der Waals surface area (Å²) in [7, 11) is 0. The molecule has 0 saturated carbocycles. The average Bonchev–Trinajstić information content (AvgIpc) is 2.34.